The van der Waals surface area contributed by atoms with Crippen LogP contribution >= 0.6 is 23.5 Å². The van der Waals surface area contributed by atoms with Crippen molar-refractivity contribution in [1.82, 2.24) is 30.2 Å². The van der Waals surface area contributed by atoms with Gasteiger partial charge in [0, 0.05) is 54.6 Å². The number of hydrogen-bond donors (Lipinski definition) is 9. The molecule has 2 aromatic rings. The van der Waals surface area contributed by atoms with Crippen LogP contribution in [0.4, 0.5) is 5.82 Å². The first-order valence-electron chi connectivity index (χ1n) is 14.1. The molecule has 0 saturated carbocycles. The summed E-state index contributed by atoms with van der Waals surface area (Å²) in [5.74, 6) is 0.0426. The van der Waals surface area contributed by atoms with Crippen molar-refractivity contribution >= 4 is 40.4 Å². The van der Waals surface area contributed by atoms with E-state index in [-0.39, 0.29) is 17.0 Å². The van der Waals surface area contributed by atoms with Gasteiger partial charge in [0.05, 0.1) is 39.4 Å². The molecular weight excluding hydrogens is 727 g/mol. The highest BCUT2D eigenvalue weighted by Gasteiger charge is 2.47. The molecule has 6 atom stereocenters. The second-order valence-electron chi connectivity index (χ2n) is 9.49. The number of hydrogen-bond acceptors (Lipinski definition) is 19. The van der Waals surface area contributed by atoms with E-state index in [1.807, 2.05) is 0 Å². The quantitative estimate of drug-likeness (QED) is 0.0524. The Bertz CT molecular complexity index is 1330. The fourth-order valence-electron chi connectivity index (χ4n) is 3.57. The molecule has 0 aromatic carbocycles. The monoisotopic (exact) mass is 773 g/mol. The van der Waals surface area contributed by atoms with Crippen molar-refractivity contribution in [2.75, 3.05) is 93.4 Å². The molecule has 0 bridgehead atoms. The number of nitrogens with two attached hydrogens (primary N) is 1. The van der Waals surface area contributed by atoms with Gasteiger partial charge in [0.25, 0.3) is 0 Å². The molecule has 27 heteroatoms. The lowest BCUT2D eigenvalue weighted by molar-refractivity contribution is -0.0503. The van der Waals surface area contributed by atoms with Crippen LogP contribution < -0.4 is 16.4 Å². The summed E-state index contributed by atoms with van der Waals surface area (Å²) in [6, 6.07) is 0. The topological polar surface area (TPSA) is 340 Å². The van der Waals surface area contributed by atoms with E-state index in [0.717, 1.165) is 58.9 Å². The molecular formula is C22H46N7O17P3. The van der Waals surface area contributed by atoms with Crippen molar-refractivity contribution in [2.45, 2.75) is 24.5 Å². The number of nitrogen functional groups attached to an aromatic ring is 1. The molecule has 0 aliphatic carbocycles. The second-order valence-corrected chi connectivity index (χ2v) is 13.9. The van der Waals surface area contributed by atoms with Crippen LogP contribution in [0.15, 0.2) is 12.7 Å². The molecule has 0 amide bonds. The molecule has 49 heavy (non-hydrogen) atoms. The van der Waals surface area contributed by atoms with Crippen LogP contribution in [-0.4, -0.2) is 155 Å². The molecule has 3 rings (SSSR count). The standard InChI is InChI=1S/C10H16N5O13P3.2C6H15NO2/c11-8-5-9(13-2-12-8)15(3-14-5)10-7(17)6(16)4(26-10)1-25-30(21,22)28-31(23,24)27-29(18,19)20;2*1-8-5-3-7-4-6-9-2/h2-4,6-7,10,16-17H,1H2,(H,21,22)(H,23,24)(H2,11,12,13)(H2,18,19,20);2*7H,3-6H2,1-2H3/t4-,6?,7?,10-;;/m1../s1. The number of ether oxygens (including phenoxy) is 5. The van der Waals surface area contributed by atoms with Crippen molar-refractivity contribution in [2.24, 2.45) is 0 Å². The van der Waals surface area contributed by atoms with Gasteiger partial charge >= 0.3 is 23.5 Å². The number of phosphoric ester groups is 1. The molecule has 286 valence electrons. The van der Waals surface area contributed by atoms with Gasteiger partial charge in [-0.25, -0.2) is 28.6 Å². The van der Waals surface area contributed by atoms with Crippen LogP contribution in [0.5, 0.6) is 0 Å². The highest BCUT2D eigenvalue weighted by Crippen LogP contribution is 2.66. The average molecular weight is 774 g/mol. The maximum absolute atomic E-state index is 11.8. The highest BCUT2D eigenvalue weighted by molar-refractivity contribution is 7.66. The normalized spacial score (nSPS) is 21.7. The summed E-state index contributed by atoms with van der Waals surface area (Å²) >= 11 is 0. The first-order chi connectivity index (χ1) is 23.0. The van der Waals surface area contributed by atoms with Crippen molar-refractivity contribution in [3.63, 3.8) is 0 Å². The molecule has 10 N–H and O–H groups in total. The summed E-state index contributed by atoms with van der Waals surface area (Å²) in [5.41, 5.74) is 6.00. The van der Waals surface area contributed by atoms with Gasteiger partial charge in [-0.05, 0) is 0 Å². The number of aromatic nitrogens is 4. The Kier molecular flexibility index (Phi) is 21.4. The first-order valence-corrected chi connectivity index (χ1v) is 18.6. The SMILES string of the molecule is COCCNCCOC.COCCNCCOC.Nc1ncnc2c1ncn2[C@@H]1O[C@H](COP(=O)(O)OP(=O)(O)OP(=O)(O)O)C(O)C1O. The smallest absolute Gasteiger partial charge is 0.387 e. The predicted molar refractivity (Wildman–Crippen MR) is 169 cm³/mol. The van der Waals surface area contributed by atoms with Gasteiger partial charge in [0.15, 0.2) is 17.7 Å². The molecule has 0 spiro atoms. The van der Waals surface area contributed by atoms with E-state index in [9.17, 15) is 28.8 Å². The lowest BCUT2D eigenvalue weighted by Gasteiger charge is -2.19. The van der Waals surface area contributed by atoms with Gasteiger partial charge in [-0.1, -0.05) is 0 Å². The van der Waals surface area contributed by atoms with Gasteiger partial charge in [-0.2, -0.15) is 8.62 Å². The number of nitrogens with zero attached hydrogens (tertiary/aromatic N) is 4. The average Bonchev–Trinajstić information content (AvgIpc) is 3.56. The Morgan fingerprint density at radius 1 is 0.796 bits per heavy atom. The predicted octanol–water partition coefficient (Wildman–Crippen LogP) is -1.89. The van der Waals surface area contributed by atoms with E-state index in [4.69, 9.17) is 44.1 Å². The number of fused-ring (bicyclic) bond motifs is 1. The second kappa shape index (κ2) is 23.1. The minimum Gasteiger partial charge on any atom is -0.387 e. The summed E-state index contributed by atoms with van der Waals surface area (Å²) in [6.45, 7) is 5.72. The molecule has 0 radical (unpaired) electrons. The third kappa shape index (κ3) is 17.9. The Morgan fingerprint density at radius 2 is 1.31 bits per heavy atom. The Balaban J connectivity index is 0.000000547. The highest BCUT2D eigenvalue weighted by atomic mass is 31.3. The molecule has 24 nitrogen and oxygen atoms in total. The molecule has 1 aliphatic heterocycles. The maximum Gasteiger partial charge on any atom is 0.490 e. The molecule has 1 saturated heterocycles. The van der Waals surface area contributed by atoms with Crippen LogP contribution in [-0.2, 0) is 50.5 Å². The van der Waals surface area contributed by atoms with Crippen molar-refractivity contribution in [3.8, 4) is 0 Å². The van der Waals surface area contributed by atoms with E-state index >= 15 is 0 Å². The third-order valence-corrected chi connectivity index (χ3v) is 9.55. The third-order valence-electron chi connectivity index (χ3n) is 5.75. The molecule has 4 unspecified atom stereocenters. The van der Waals surface area contributed by atoms with Gasteiger partial charge in [-0.15, -0.1) is 0 Å². The summed E-state index contributed by atoms with van der Waals surface area (Å²) in [7, 11) is -9.91. The molecule has 1 aliphatic rings. The van der Waals surface area contributed by atoms with Crippen molar-refractivity contribution < 1.29 is 80.3 Å². The lowest BCUT2D eigenvalue weighted by Crippen LogP contribution is -2.33. The van der Waals surface area contributed by atoms with Gasteiger partial charge < -0.3 is 69.8 Å². The van der Waals surface area contributed by atoms with Crippen LogP contribution in [0, 0.1) is 0 Å². The number of methoxy groups -OCH3 is 4. The fourth-order valence-corrected chi connectivity index (χ4v) is 6.60. The zero-order valence-corrected chi connectivity index (χ0v) is 29.9. The molecule has 2 aromatic heterocycles. The zero-order chi connectivity index (χ0) is 37.1. The van der Waals surface area contributed by atoms with Crippen molar-refractivity contribution in [3.05, 3.63) is 12.7 Å². The van der Waals surface area contributed by atoms with E-state index in [1.165, 1.54) is 10.9 Å². The van der Waals surface area contributed by atoms with Crippen LogP contribution in [0.3, 0.4) is 0 Å². The summed E-state index contributed by atoms with van der Waals surface area (Å²) in [5, 5.41) is 26.7. The van der Waals surface area contributed by atoms with Gasteiger partial charge in [-0.3, -0.25) is 9.09 Å². The largest absolute Gasteiger partial charge is 0.490 e. The van der Waals surface area contributed by atoms with Gasteiger partial charge in [0.2, 0.25) is 0 Å². The zero-order valence-electron chi connectivity index (χ0n) is 27.2. The van der Waals surface area contributed by atoms with Crippen LogP contribution in [0.1, 0.15) is 6.23 Å². The number of anilines is 1. The maximum atomic E-state index is 11.8. The Labute approximate surface area is 281 Å². The van der Waals surface area contributed by atoms with E-state index < -0.39 is 54.6 Å². The number of phosphoric acid groups is 3. The minimum absolute atomic E-state index is 0.0426. The Morgan fingerprint density at radius 3 is 1.78 bits per heavy atom. The number of nitrogens with one attached hydrogen (secondary N) is 2. The summed E-state index contributed by atoms with van der Waals surface area (Å²) in [4.78, 5) is 47.2. The molecule has 1 fully saturated rings. The van der Waals surface area contributed by atoms with E-state index in [2.05, 4.69) is 38.7 Å². The molecule has 3 heterocycles. The van der Waals surface area contributed by atoms with Crippen molar-refractivity contribution in [1.29, 1.82) is 0 Å². The number of rotatable bonds is 20. The van der Waals surface area contributed by atoms with Crippen LogP contribution in [0.25, 0.3) is 11.2 Å². The van der Waals surface area contributed by atoms with Gasteiger partial charge in [0.1, 0.15) is 30.2 Å². The van der Waals surface area contributed by atoms with E-state index in [0.29, 0.717) is 0 Å². The lowest BCUT2D eigenvalue weighted by atomic mass is 10.1. The van der Waals surface area contributed by atoms with Crippen LogP contribution in [0.2, 0.25) is 0 Å². The summed E-state index contributed by atoms with van der Waals surface area (Å²) in [6.07, 6.45) is -3.69. The first kappa shape index (κ1) is 45.4. The Hall–Kier alpha value is -1.60. The fraction of sp³-hybridized carbons (Fsp3) is 0.773. The number of aliphatic hydroxyl groups is 2. The number of aliphatic hydroxyl groups excluding tert-OH is 2. The minimum atomic E-state index is -5.70. The summed E-state index contributed by atoms with van der Waals surface area (Å²) < 4.78 is 71.2. The number of imidazole rings is 1. The van der Waals surface area contributed by atoms with E-state index in [1.54, 1.807) is 28.4 Å².